The Bertz CT molecular complexity index is 1050. The van der Waals surface area contributed by atoms with Crippen molar-refractivity contribution in [2.75, 3.05) is 0 Å². The highest BCUT2D eigenvalue weighted by atomic mass is 32.2. The number of aryl methyl sites for hydroxylation is 2. The predicted molar refractivity (Wildman–Crippen MR) is 102 cm³/mol. The first-order valence-corrected chi connectivity index (χ1v) is 10.7. The van der Waals surface area contributed by atoms with Gasteiger partial charge in [0.1, 0.15) is 0 Å². The Hall–Kier alpha value is -2.19. The van der Waals surface area contributed by atoms with Crippen LogP contribution in [0.4, 0.5) is 8.78 Å². The molecule has 142 valence electrons. The number of imidazole rings is 1. The van der Waals surface area contributed by atoms with Gasteiger partial charge in [-0.3, -0.25) is 4.57 Å². The van der Waals surface area contributed by atoms with Gasteiger partial charge in [0.05, 0.1) is 10.6 Å². The van der Waals surface area contributed by atoms with Crippen LogP contribution in [-0.4, -0.2) is 23.7 Å². The van der Waals surface area contributed by atoms with Gasteiger partial charge in [0, 0.05) is 18.1 Å². The van der Waals surface area contributed by atoms with Crippen molar-refractivity contribution in [3.8, 4) is 5.69 Å². The Labute approximate surface area is 161 Å². The average Bonchev–Trinajstić information content (AvgIpc) is 3.10. The smallest absolute Gasteiger partial charge is 0.295 e. The van der Waals surface area contributed by atoms with Crippen LogP contribution in [0.15, 0.2) is 64.9 Å². The summed E-state index contributed by atoms with van der Waals surface area (Å²) in [6.45, 7) is 4.06. The van der Waals surface area contributed by atoms with E-state index in [0.717, 1.165) is 27.5 Å². The molecule has 0 fully saturated rings. The van der Waals surface area contributed by atoms with E-state index in [4.69, 9.17) is 0 Å². The Morgan fingerprint density at radius 3 is 2.48 bits per heavy atom. The topological polar surface area (TPSA) is 52.0 Å². The quantitative estimate of drug-likeness (QED) is 0.551. The Morgan fingerprint density at radius 2 is 1.81 bits per heavy atom. The standard InChI is InChI=1S/C19H18F2N2O2S2/c1-13-3-4-14(2)17(11-13)23-10-9-22-19(23)26-12-15-5-7-16(8-6-15)27(24,25)18(20)21/h3-11,18H,12H2,1-2H3. The van der Waals surface area contributed by atoms with E-state index in [9.17, 15) is 17.2 Å². The van der Waals surface area contributed by atoms with Crippen molar-refractivity contribution in [2.45, 2.75) is 35.4 Å². The summed E-state index contributed by atoms with van der Waals surface area (Å²) in [6, 6.07) is 11.7. The van der Waals surface area contributed by atoms with Gasteiger partial charge in [-0.1, -0.05) is 36.0 Å². The molecule has 0 N–H and O–H groups in total. The third-order valence-electron chi connectivity index (χ3n) is 4.09. The Kier molecular flexibility index (Phi) is 5.67. The summed E-state index contributed by atoms with van der Waals surface area (Å²) in [5.74, 6) is -2.88. The van der Waals surface area contributed by atoms with Gasteiger partial charge in [0.25, 0.3) is 0 Å². The number of aromatic nitrogens is 2. The summed E-state index contributed by atoms with van der Waals surface area (Å²) in [6.07, 6.45) is 3.62. The van der Waals surface area contributed by atoms with Crippen LogP contribution in [0.25, 0.3) is 5.69 Å². The molecule has 0 spiro atoms. The van der Waals surface area contributed by atoms with Gasteiger partial charge in [-0.15, -0.1) is 0 Å². The molecular formula is C19H18F2N2O2S2. The molecule has 0 saturated heterocycles. The van der Waals surface area contributed by atoms with Crippen molar-refractivity contribution in [3.05, 3.63) is 71.5 Å². The van der Waals surface area contributed by atoms with E-state index in [1.54, 1.807) is 18.3 Å². The van der Waals surface area contributed by atoms with Gasteiger partial charge in [-0.2, -0.15) is 8.78 Å². The lowest BCUT2D eigenvalue weighted by molar-refractivity contribution is 0.234. The second kappa shape index (κ2) is 7.82. The van der Waals surface area contributed by atoms with Crippen LogP contribution < -0.4 is 0 Å². The number of sulfone groups is 1. The third-order valence-corrected chi connectivity index (χ3v) is 6.52. The number of halogens is 2. The summed E-state index contributed by atoms with van der Waals surface area (Å²) in [4.78, 5) is 4.02. The minimum atomic E-state index is -4.56. The molecule has 3 aromatic rings. The van der Waals surface area contributed by atoms with Crippen LogP contribution in [-0.2, 0) is 15.6 Å². The molecule has 27 heavy (non-hydrogen) atoms. The molecule has 0 aliphatic heterocycles. The Balaban J connectivity index is 1.77. The molecule has 0 aliphatic carbocycles. The first-order valence-electron chi connectivity index (χ1n) is 8.14. The molecule has 0 amide bonds. The van der Waals surface area contributed by atoms with Crippen LogP contribution in [0.3, 0.4) is 0 Å². The van der Waals surface area contributed by atoms with Gasteiger partial charge in [-0.25, -0.2) is 13.4 Å². The number of rotatable bonds is 6. The molecule has 8 heteroatoms. The number of nitrogens with zero attached hydrogens (tertiary/aromatic N) is 2. The summed E-state index contributed by atoms with van der Waals surface area (Å²) < 4.78 is 50.2. The molecule has 0 saturated carbocycles. The van der Waals surface area contributed by atoms with E-state index < -0.39 is 15.6 Å². The first kappa shape index (κ1) is 19.6. The molecule has 0 atom stereocenters. The van der Waals surface area contributed by atoms with Crippen LogP contribution in [0.5, 0.6) is 0 Å². The van der Waals surface area contributed by atoms with Gasteiger partial charge in [-0.05, 0) is 48.7 Å². The zero-order valence-electron chi connectivity index (χ0n) is 14.8. The maximum atomic E-state index is 12.6. The fourth-order valence-corrected chi connectivity index (χ4v) is 4.23. The molecule has 1 heterocycles. The fraction of sp³-hybridized carbons (Fsp3) is 0.211. The molecule has 4 nitrogen and oxygen atoms in total. The molecule has 0 aliphatic rings. The van der Waals surface area contributed by atoms with Gasteiger partial charge in [0.15, 0.2) is 5.16 Å². The lowest BCUT2D eigenvalue weighted by atomic mass is 10.1. The monoisotopic (exact) mass is 408 g/mol. The highest BCUT2D eigenvalue weighted by Crippen LogP contribution is 2.27. The van der Waals surface area contributed by atoms with Gasteiger partial charge < -0.3 is 0 Å². The van der Waals surface area contributed by atoms with Crippen molar-refractivity contribution < 1.29 is 17.2 Å². The maximum absolute atomic E-state index is 12.6. The minimum absolute atomic E-state index is 0.372. The second-order valence-corrected chi connectivity index (χ2v) is 8.97. The lowest BCUT2D eigenvalue weighted by Crippen LogP contribution is -2.11. The van der Waals surface area contributed by atoms with Crippen LogP contribution >= 0.6 is 11.8 Å². The number of alkyl halides is 2. The zero-order valence-corrected chi connectivity index (χ0v) is 16.4. The first-order chi connectivity index (χ1) is 12.8. The predicted octanol–water partition coefficient (Wildman–Crippen LogP) is 4.78. The fourth-order valence-electron chi connectivity index (χ4n) is 2.58. The molecule has 0 radical (unpaired) electrons. The summed E-state index contributed by atoms with van der Waals surface area (Å²) in [7, 11) is -4.56. The van der Waals surface area contributed by atoms with E-state index in [1.807, 2.05) is 24.6 Å². The lowest BCUT2D eigenvalue weighted by Gasteiger charge is -2.11. The van der Waals surface area contributed by atoms with Crippen LogP contribution in [0.2, 0.25) is 0 Å². The molecule has 1 aromatic heterocycles. The summed E-state index contributed by atoms with van der Waals surface area (Å²) >= 11 is 1.49. The molecular weight excluding hydrogens is 390 g/mol. The highest BCUT2D eigenvalue weighted by molar-refractivity contribution is 7.98. The maximum Gasteiger partial charge on any atom is 0.341 e. The number of hydrogen-bond donors (Lipinski definition) is 0. The molecule has 3 rings (SSSR count). The zero-order chi connectivity index (χ0) is 19.6. The van der Waals surface area contributed by atoms with E-state index in [0.29, 0.717) is 5.75 Å². The molecule has 0 unspecified atom stereocenters. The summed E-state index contributed by atoms with van der Waals surface area (Å²) in [5.41, 5.74) is 4.15. The average molecular weight is 408 g/mol. The number of thioether (sulfide) groups is 1. The largest absolute Gasteiger partial charge is 0.341 e. The second-order valence-electron chi connectivity index (χ2n) is 6.11. The third kappa shape index (κ3) is 4.22. The van der Waals surface area contributed by atoms with Crippen molar-refractivity contribution in [1.82, 2.24) is 9.55 Å². The van der Waals surface area contributed by atoms with E-state index in [-0.39, 0.29) is 4.90 Å². The minimum Gasteiger partial charge on any atom is -0.295 e. The van der Waals surface area contributed by atoms with Crippen LogP contribution in [0, 0.1) is 13.8 Å². The molecule has 2 aromatic carbocycles. The van der Waals surface area contributed by atoms with Crippen molar-refractivity contribution in [1.29, 1.82) is 0 Å². The number of hydrogen-bond acceptors (Lipinski definition) is 4. The Morgan fingerprint density at radius 1 is 1.11 bits per heavy atom. The van der Waals surface area contributed by atoms with Crippen LogP contribution in [0.1, 0.15) is 16.7 Å². The molecule has 0 bridgehead atoms. The SMILES string of the molecule is Cc1ccc(C)c(-n2ccnc2SCc2ccc(S(=O)(=O)C(F)F)cc2)c1. The summed E-state index contributed by atoms with van der Waals surface area (Å²) in [5, 5.41) is 0.799. The highest BCUT2D eigenvalue weighted by Gasteiger charge is 2.26. The van der Waals surface area contributed by atoms with Crippen molar-refractivity contribution in [3.63, 3.8) is 0 Å². The van der Waals surface area contributed by atoms with Gasteiger partial charge in [0.2, 0.25) is 9.84 Å². The van der Waals surface area contributed by atoms with Crippen molar-refractivity contribution in [2.24, 2.45) is 0 Å². The van der Waals surface area contributed by atoms with E-state index in [2.05, 4.69) is 23.2 Å². The van der Waals surface area contributed by atoms with E-state index >= 15 is 0 Å². The normalized spacial score (nSPS) is 11.9. The van der Waals surface area contributed by atoms with Gasteiger partial charge >= 0.3 is 5.76 Å². The number of benzene rings is 2. The van der Waals surface area contributed by atoms with Crippen molar-refractivity contribution >= 4 is 21.6 Å². The van der Waals surface area contributed by atoms with E-state index in [1.165, 1.54) is 23.9 Å².